The molecule has 0 aromatic carbocycles. The molecule has 1 heterocycles. The lowest BCUT2D eigenvalue weighted by Crippen LogP contribution is -2.47. The van der Waals surface area contributed by atoms with Crippen LogP contribution in [-0.4, -0.2) is 35.1 Å². The Kier molecular flexibility index (Phi) is 3.19. The largest absolute Gasteiger partial charge is 0.456 e. The lowest BCUT2D eigenvalue weighted by molar-refractivity contribution is 0.0443. The molecule has 1 aromatic rings. The van der Waals surface area contributed by atoms with E-state index >= 15 is 0 Å². The van der Waals surface area contributed by atoms with Crippen LogP contribution in [0, 0.1) is 6.92 Å². The number of nitrogens with zero attached hydrogens (tertiary/aromatic N) is 1. The van der Waals surface area contributed by atoms with Crippen molar-refractivity contribution in [3.05, 3.63) is 23.7 Å². The average molecular weight is 211 g/mol. The number of furan rings is 1. The Balaban J connectivity index is 2.86. The minimum absolute atomic E-state index is 0.0884. The molecule has 84 valence electrons. The van der Waals surface area contributed by atoms with Crippen molar-refractivity contribution >= 4 is 5.91 Å². The molecule has 1 N–H and O–H groups in total. The van der Waals surface area contributed by atoms with E-state index in [2.05, 4.69) is 0 Å². The van der Waals surface area contributed by atoms with Crippen molar-refractivity contribution in [3.63, 3.8) is 0 Å². The van der Waals surface area contributed by atoms with Gasteiger partial charge in [-0.3, -0.25) is 4.79 Å². The van der Waals surface area contributed by atoms with Crippen molar-refractivity contribution < 1.29 is 14.3 Å². The number of rotatable bonds is 3. The lowest BCUT2D eigenvalue weighted by Gasteiger charge is -2.33. The van der Waals surface area contributed by atoms with Crippen LogP contribution in [-0.2, 0) is 0 Å². The summed E-state index contributed by atoms with van der Waals surface area (Å²) < 4.78 is 5.23. The molecule has 0 aliphatic heterocycles. The lowest BCUT2D eigenvalue weighted by atomic mass is 10.1. The molecule has 4 heteroatoms. The van der Waals surface area contributed by atoms with Gasteiger partial charge in [0.1, 0.15) is 5.76 Å². The summed E-state index contributed by atoms with van der Waals surface area (Å²) in [5.74, 6) is 0.784. The fourth-order valence-corrected chi connectivity index (χ4v) is 1.10. The van der Waals surface area contributed by atoms with Crippen molar-refractivity contribution in [2.24, 2.45) is 0 Å². The Morgan fingerprint density at radius 1 is 1.53 bits per heavy atom. The van der Waals surface area contributed by atoms with Crippen LogP contribution in [0.5, 0.6) is 0 Å². The van der Waals surface area contributed by atoms with Gasteiger partial charge >= 0.3 is 0 Å². The molecular formula is C11H17NO3. The Bertz CT molecular complexity index is 354. The molecule has 1 amide bonds. The van der Waals surface area contributed by atoms with E-state index in [-0.39, 0.29) is 12.5 Å². The Labute approximate surface area is 89.5 Å². The number of likely N-dealkylation sites (N-methyl/N-ethyl adjacent to an activating group) is 1. The number of aliphatic hydroxyl groups excluding tert-OH is 1. The van der Waals surface area contributed by atoms with Gasteiger partial charge in [0.05, 0.1) is 12.1 Å². The molecule has 0 bridgehead atoms. The summed E-state index contributed by atoms with van der Waals surface area (Å²) in [6.45, 7) is 5.28. The predicted octanol–water partition coefficient (Wildman–Crippen LogP) is 1.43. The van der Waals surface area contributed by atoms with E-state index < -0.39 is 5.54 Å². The van der Waals surface area contributed by atoms with Crippen molar-refractivity contribution in [1.82, 2.24) is 4.90 Å². The van der Waals surface area contributed by atoms with Gasteiger partial charge in [0, 0.05) is 7.05 Å². The molecule has 4 nitrogen and oxygen atoms in total. The highest BCUT2D eigenvalue weighted by molar-refractivity contribution is 5.91. The third kappa shape index (κ3) is 2.39. The van der Waals surface area contributed by atoms with Gasteiger partial charge in [-0.05, 0) is 32.9 Å². The fraction of sp³-hybridized carbons (Fsp3) is 0.545. The number of amides is 1. The molecular weight excluding hydrogens is 194 g/mol. The Morgan fingerprint density at radius 3 is 2.53 bits per heavy atom. The molecule has 0 fully saturated rings. The van der Waals surface area contributed by atoms with Crippen molar-refractivity contribution in [2.75, 3.05) is 13.7 Å². The van der Waals surface area contributed by atoms with Gasteiger partial charge in [0.15, 0.2) is 5.76 Å². The molecule has 0 radical (unpaired) electrons. The van der Waals surface area contributed by atoms with Gasteiger partial charge in [0.25, 0.3) is 5.91 Å². The number of aryl methyl sites for hydroxylation is 1. The molecule has 1 rings (SSSR count). The van der Waals surface area contributed by atoms with Gasteiger partial charge in [-0.25, -0.2) is 0 Å². The highest BCUT2D eigenvalue weighted by atomic mass is 16.3. The second-order valence-electron chi connectivity index (χ2n) is 4.25. The monoisotopic (exact) mass is 211 g/mol. The van der Waals surface area contributed by atoms with Crippen LogP contribution >= 0.6 is 0 Å². The topological polar surface area (TPSA) is 53.7 Å². The molecule has 0 aliphatic carbocycles. The molecule has 0 atom stereocenters. The van der Waals surface area contributed by atoms with Gasteiger partial charge in [-0.2, -0.15) is 0 Å². The van der Waals surface area contributed by atoms with Crippen LogP contribution in [0.3, 0.4) is 0 Å². The summed E-state index contributed by atoms with van der Waals surface area (Å²) >= 11 is 0. The van der Waals surface area contributed by atoms with Crippen LogP contribution in [0.4, 0.5) is 0 Å². The van der Waals surface area contributed by atoms with Crippen LogP contribution in [0.1, 0.15) is 30.2 Å². The second kappa shape index (κ2) is 4.06. The van der Waals surface area contributed by atoms with Crippen molar-refractivity contribution in [2.45, 2.75) is 26.3 Å². The quantitative estimate of drug-likeness (QED) is 0.822. The highest BCUT2D eigenvalue weighted by Crippen LogP contribution is 2.16. The van der Waals surface area contributed by atoms with Gasteiger partial charge in [-0.15, -0.1) is 0 Å². The van der Waals surface area contributed by atoms with E-state index in [4.69, 9.17) is 9.52 Å². The van der Waals surface area contributed by atoms with Crippen LogP contribution < -0.4 is 0 Å². The third-order valence-corrected chi connectivity index (χ3v) is 2.55. The number of hydrogen-bond acceptors (Lipinski definition) is 3. The van der Waals surface area contributed by atoms with E-state index in [9.17, 15) is 4.79 Å². The third-order valence-electron chi connectivity index (χ3n) is 2.55. The van der Waals surface area contributed by atoms with E-state index in [1.807, 2.05) is 0 Å². The zero-order chi connectivity index (χ0) is 11.6. The van der Waals surface area contributed by atoms with Gasteiger partial charge < -0.3 is 14.4 Å². The van der Waals surface area contributed by atoms with Crippen LogP contribution in [0.2, 0.25) is 0 Å². The predicted molar refractivity (Wildman–Crippen MR) is 56.7 cm³/mol. The zero-order valence-corrected chi connectivity index (χ0v) is 9.57. The van der Waals surface area contributed by atoms with Gasteiger partial charge in [0.2, 0.25) is 0 Å². The van der Waals surface area contributed by atoms with E-state index in [1.165, 1.54) is 4.90 Å². The van der Waals surface area contributed by atoms with Gasteiger partial charge in [-0.1, -0.05) is 0 Å². The molecule has 0 aliphatic rings. The Hall–Kier alpha value is -1.29. The van der Waals surface area contributed by atoms with Crippen LogP contribution in [0.25, 0.3) is 0 Å². The van der Waals surface area contributed by atoms with E-state index in [1.54, 1.807) is 40.0 Å². The highest BCUT2D eigenvalue weighted by Gasteiger charge is 2.28. The SMILES string of the molecule is Cc1ccc(C(=O)N(C)C(C)(C)CO)o1. The maximum atomic E-state index is 11.9. The molecule has 0 spiro atoms. The zero-order valence-electron chi connectivity index (χ0n) is 9.57. The fourth-order valence-electron chi connectivity index (χ4n) is 1.10. The van der Waals surface area contributed by atoms with E-state index in [0.29, 0.717) is 11.5 Å². The summed E-state index contributed by atoms with van der Waals surface area (Å²) in [6.07, 6.45) is 0. The molecule has 0 unspecified atom stereocenters. The first-order valence-electron chi connectivity index (χ1n) is 4.84. The number of hydrogen-bond donors (Lipinski definition) is 1. The average Bonchev–Trinajstić information content (AvgIpc) is 2.62. The number of carbonyl (C=O) groups excluding carboxylic acids is 1. The standard InChI is InChI=1S/C11H17NO3/c1-8-5-6-9(15-8)10(14)12(4)11(2,3)7-13/h5-6,13H,7H2,1-4H3. The summed E-state index contributed by atoms with van der Waals surface area (Å²) in [5, 5.41) is 9.14. The maximum Gasteiger partial charge on any atom is 0.289 e. The first-order valence-corrected chi connectivity index (χ1v) is 4.84. The van der Waals surface area contributed by atoms with Crippen molar-refractivity contribution in [3.8, 4) is 0 Å². The normalized spacial score (nSPS) is 11.5. The first-order chi connectivity index (χ1) is 6.88. The van der Waals surface area contributed by atoms with Crippen molar-refractivity contribution in [1.29, 1.82) is 0 Å². The summed E-state index contributed by atoms with van der Waals surface area (Å²) in [7, 11) is 1.65. The summed E-state index contributed by atoms with van der Waals surface area (Å²) in [6, 6.07) is 3.38. The smallest absolute Gasteiger partial charge is 0.289 e. The maximum absolute atomic E-state index is 11.9. The molecule has 0 saturated heterocycles. The van der Waals surface area contributed by atoms with E-state index in [0.717, 1.165) is 0 Å². The molecule has 1 aromatic heterocycles. The number of carbonyl (C=O) groups is 1. The second-order valence-corrected chi connectivity index (χ2v) is 4.25. The number of aliphatic hydroxyl groups is 1. The van der Waals surface area contributed by atoms with Crippen LogP contribution in [0.15, 0.2) is 16.5 Å². The minimum Gasteiger partial charge on any atom is -0.456 e. The molecule has 0 saturated carbocycles. The summed E-state index contributed by atoms with van der Waals surface area (Å²) in [4.78, 5) is 13.4. The Morgan fingerprint density at radius 2 is 2.13 bits per heavy atom. The summed E-state index contributed by atoms with van der Waals surface area (Å²) in [5.41, 5.74) is -0.586. The minimum atomic E-state index is -0.586. The first kappa shape index (κ1) is 11.8. The molecule has 15 heavy (non-hydrogen) atoms.